The molecule has 6 heteroatoms. The van der Waals surface area contributed by atoms with Crippen molar-refractivity contribution in [2.24, 2.45) is 0 Å². The van der Waals surface area contributed by atoms with Crippen molar-refractivity contribution in [3.8, 4) is 11.5 Å². The number of ether oxygens (including phenoxy) is 2. The molecule has 0 aliphatic heterocycles. The van der Waals surface area contributed by atoms with Gasteiger partial charge in [-0.15, -0.1) is 11.3 Å². The Morgan fingerprint density at radius 2 is 1.86 bits per heavy atom. The third kappa shape index (κ3) is 2.38. The number of methoxy groups -OCH3 is 2. The summed E-state index contributed by atoms with van der Waals surface area (Å²) in [6, 6.07) is 7.82. The van der Waals surface area contributed by atoms with Gasteiger partial charge in [0.15, 0.2) is 11.5 Å². The van der Waals surface area contributed by atoms with Gasteiger partial charge in [0, 0.05) is 18.8 Å². The van der Waals surface area contributed by atoms with Gasteiger partial charge in [-0.3, -0.25) is 0 Å². The van der Waals surface area contributed by atoms with E-state index in [0.29, 0.717) is 11.5 Å². The van der Waals surface area contributed by atoms with Gasteiger partial charge in [-0.1, -0.05) is 0 Å². The predicted octanol–water partition coefficient (Wildman–Crippen LogP) is 3.48. The Balaban J connectivity index is 2.05. The van der Waals surface area contributed by atoms with Crippen LogP contribution < -0.4 is 14.4 Å². The largest absolute Gasteiger partial charge is 0.493 e. The fraction of sp³-hybridized carbons (Fsp3) is 0.200. The highest BCUT2D eigenvalue weighted by molar-refractivity contribution is 7.16. The number of hydrogen-bond donors (Lipinski definition) is 0. The number of aromatic nitrogens is 2. The van der Waals surface area contributed by atoms with Crippen LogP contribution in [0.15, 0.2) is 36.0 Å². The van der Waals surface area contributed by atoms with Crippen LogP contribution in [0, 0.1) is 0 Å². The molecule has 2 aromatic heterocycles. The van der Waals surface area contributed by atoms with Crippen LogP contribution >= 0.6 is 11.3 Å². The molecule has 0 bridgehead atoms. The van der Waals surface area contributed by atoms with Crippen LogP contribution in [0.1, 0.15) is 0 Å². The van der Waals surface area contributed by atoms with E-state index >= 15 is 0 Å². The van der Waals surface area contributed by atoms with Crippen molar-refractivity contribution in [2.45, 2.75) is 0 Å². The third-order valence-corrected chi connectivity index (χ3v) is 4.13. The lowest BCUT2D eigenvalue weighted by Crippen LogP contribution is -2.11. The van der Waals surface area contributed by atoms with Crippen LogP contribution in [0.5, 0.6) is 11.5 Å². The van der Waals surface area contributed by atoms with E-state index in [2.05, 4.69) is 9.97 Å². The Morgan fingerprint density at radius 1 is 1.05 bits per heavy atom. The van der Waals surface area contributed by atoms with E-state index in [1.54, 1.807) is 31.9 Å². The average molecular weight is 301 g/mol. The topological polar surface area (TPSA) is 47.5 Å². The van der Waals surface area contributed by atoms with Crippen LogP contribution in [-0.4, -0.2) is 31.2 Å². The van der Waals surface area contributed by atoms with Gasteiger partial charge in [0.1, 0.15) is 17.0 Å². The Bertz CT molecular complexity index is 772. The van der Waals surface area contributed by atoms with E-state index in [4.69, 9.17) is 9.47 Å². The Morgan fingerprint density at radius 3 is 2.62 bits per heavy atom. The van der Waals surface area contributed by atoms with E-state index in [0.717, 1.165) is 21.7 Å². The highest BCUT2D eigenvalue weighted by Gasteiger charge is 2.13. The van der Waals surface area contributed by atoms with Crippen molar-refractivity contribution in [3.63, 3.8) is 0 Å². The standard InChI is InChI=1S/C15H15N3O2S/c1-18(10-4-5-12(19-2)13(8-10)20-3)14-11-6-7-21-15(11)17-9-16-14/h4-9H,1-3H3. The zero-order valence-corrected chi connectivity index (χ0v) is 12.8. The molecule has 2 heterocycles. The fourth-order valence-electron chi connectivity index (χ4n) is 2.20. The number of fused-ring (bicyclic) bond motifs is 1. The second-order valence-electron chi connectivity index (χ2n) is 4.44. The molecule has 0 saturated carbocycles. The molecule has 1 aromatic carbocycles. The number of thiophene rings is 1. The van der Waals surface area contributed by atoms with E-state index in [9.17, 15) is 0 Å². The molecular weight excluding hydrogens is 286 g/mol. The lowest BCUT2D eigenvalue weighted by atomic mass is 10.2. The molecule has 3 rings (SSSR count). The summed E-state index contributed by atoms with van der Waals surface area (Å²) in [6.07, 6.45) is 1.59. The van der Waals surface area contributed by atoms with Gasteiger partial charge in [-0.2, -0.15) is 0 Å². The molecule has 0 radical (unpaired) electrons. The summed E-state index contributed by atoms with van der Waals surface area (Å²) in [4.78, 5) is 11.7. The molecule has 0 aliphatic carbocycles. The van der Waals surface area contributed by atoms with E-state index < -0.39 is 0 Å². The highest BCUT2D eigenvalue weighted by atomic mass is 32.1. The van der Waals surface area contributed by atoms with E-state index in [1.807, 2.05) is 41.6 Å². The fourth-order valence-corrected chi connectivity index (χ4v) is 2.93. The molecule has 0 spiro atoms. The third-order valence-electron chi connectivity index (χ3n) is 3.31. The van der Waals surface area contributed by atoms with Gasteiger partial charge in [0.25, 0.3) is 0 Å². The van der Waals surface area contributed by atoms with Gasteiger partial charge >= 0.3 is 0 Å². The summed E-state index contributed by atoms with van der Waals surface area (Å²) in [6.45, 7) is 0. The van der Waals surface area contributed by atoms with Crippen molar-refractivity contribution < 1.29 is 9.47 Å². The lowest BCUT2D eigenvalue weighted by Gasteiger charge is -2.20. The molecule has 5 nitrogen and oxygen atoms in total. The smallest absolute Gasteiger partial charge is 0.162 e. The molecule has 0 aliphatic rings. The quantitative estimate of drug-likeness (QED) is 0.738. The minimum absolute atomic E-state index is 0.692. The second-order valence-corrected chi connectivity index (χ2v) is 5.33. The van der Waals surface area contributed by atoms with Crippen LogP contribution in [-0.2, 0) is 0 Å². The summed E-state index contributed by atoms with van der Waals surface area (Å²) in [7, 11) is 5.23. The Labute approximate surface area is 126 Å². The summed E-state index contributed by atoms with van der Waals surface area (Å²) in [5.74, 6) is 2.27. The first kappa shape index (κ1) is 13.6. The van der Waals surface area contributed by atoms with Crippen molar-refractivity contribution in [2.75, 3.05) is 26.2 Å². The van der Waals surface area contributed by atoms with Crippen molar-refractivity contribution in [1.82, 2.24) is 9.97 Å². The molecule has 0 saturated heterocycles. The molecule has 0 atom stereocenters. The van der Waals surface area contributed by atoms with Crippen LogP contribution in [0.4, 0.5) is 11.5 Å². The number of benzene rings is 1. The first-order valence-corrected chi connectivity index (χ1v) is 7.26. The molecule has 21 heavy (non-hydrogen) atoms. The Kier molecular flexibility index (Phi) is 3.62. The van der Waals surface area contributed by atoms with Crippen molar-refractivity contribution in [1.29, 1.82) is 0 Å². The summed E-state index contributed by atoms with van der Waals surface area (Å²) in [5.41, 5.74) is 0.971. The van der Waals surface area contributed by atoms with Gasteiger partial charge in [-0.25, -0.2) is 9.97 Å². The molecule has 0 N–H and O–H groups in total. The average Bonchev–Trinajstić information content (AvgIpc) is 3.02. The van der Waals surface area contributed by atoms with Crippen molar-refractivity contribution >= 4 is 33.1 Å². The molecule has 0 unspecified atom stereocenters. The molecule has 0 amide bonds. The maximum absolute atomic E-state index is 5.35. The maximum atomic E-state index is 5.35. The number of anilines is 2. The van der Waals surface area contributed by atoms with Gasteiger partial charge in [0.05, 0.1) is 19.6 Å². The molecular formula is C15H15N3O2S. The van der Waals surface area contributed by atoms with E-state index in [1.165, 1.54) is 0 Å². The molecule has 3 aromatic rings. The number of hydrogen-bond acceptors (Lipinski definition) is 6. The predicted molar refractivity (Wildman–Crippen MR) is 85.0 cm³/mol. The van der Waals surface area contributed by atoms with Crippen LogP contribution in [0.25, 0.3) is 10.2 Å². The van der Waals surface area contributed by atoms with Crippen LogP contribution in [0.3, 0.4) is 0 Å². The van der Waals surface area contributed by atoms with Gasteiger partial charge < -0.3 is 14.4 Å². The normalized spacial score (nSPS) is 10.6. The first-order chi connectivity index (χ1) is 10.2. The number of rotatable bonds is 4. The summed E-state index contributed by atoms with van der Waals surface area (Å²) < 4.78 is 10.6. The molecule has 0 fully saturated rings. The van der Waals surface area contributed by atoms with Crippen LogP contribution in [0.2, 0.25) is 0 Å². The minimum Gasteiger partial charge on any atom is -0.493 e. The Hall–Kier alpha value is -2.34. The lowest BCUT2D eigenvalue weighted by molar-refractivity contribution is 0.355. The maximum Gasteiger partial charge on any atom is 0.162 e. The highest BCUT2D eigenvalue weighted by Crippen LogP contribution is 2.35. The monoisotopic (exact) mass is 301 g/mol. The van der Waals surface area contributed by atoms with E-state index in [-0.39, 0.29) is 0 Å². The minimum atomic E-state index is 0.692. The van der Waals surface area contributed by atoms with Gasteiger partial charge in [-0.05, 0) is 23.6 Å². The zero-order chi connectivity index (χ0) is 14.8. The SMILES string of the molecule is COc1ccc(N(C)c2ncnc3sccc23)cc1OC. The zero-order valence-electron chi connectivity index (χ0n) is 12.0. The second kappa shape index (κ2) is 5.57. The summed E-state index contributed by atoms with van der Waals surface area (Å²) >= 11 is 1.61. The summed E-state index contributed by atoms with van der Waals surface area (Å²) in [5, 5.41) is 3.06. The van der Waals surface area contributed by atoms with Crippen molar-refractivity contribution in [3.05, 3.63) is 36.0 Å². The first-order valence-electron chi connectivity index (χ1n) is 6.38. The van der Waals surface area contributed by atoms with Gasteiger partial charge in [0.2, 0.25) is 0 Å². The molecule has 108 valence electrons. The number of nitrogens with zero attached hydrogens (tertiary/aromatic N) is 3.